The molecule has 0 heterocycles. The number of aliphatic hydroxyl groups excluding tert-OH is 2. The zero-order chi connectivity index (χ0) is 48.6. The second-order valence-electron chi connectivity index (χ2n) is 20.7. The van der Waals surface area contributed by atoms with Gasteiger partial charge in [-0.25, -0.2) is 0 Å². The first-order valence-corrected chi connectivity index (χ1v) is 30.1. The van der Waals surface area contributed by atoms with Gasteiger partial charge in [0.1, 0.15) is 0 Å². The van der Waals surface area contributed by atoms with Crippen LogP contribution in [0.2, 0.25) is 0 Å². The molecule has 0 aliphatic rings. The average Bonchev–Trinajstić information content (AvgIpc) is 3.33. The number of amides is 1. The molecule has 2 atom stereocenters. The Bertz CT molecular complexity index is 1040. The van der Waals surface area contributed by atoms with Crippen molar-refractivity contribution in [1.29, 1.82) is 0 Å². The van der Waals surface area contributed by atoms with E-state index in [1.54, 1.807) is 0 Å². The third-order valence-electron chi connectivity index (χ3n) is 14.0. The molecule has 1 amide bonds. The smallest absolute Gasteiger partial charge is 0.305 e. The lowest BCUT2D eigenvalue weighted by Crippen LogP contribution is -2.45. The van der Waals surface area contributed by atoms with Gasteiger partial charge in [0.25, 0.3) is 0 Å². The molecule has 0 fully saturated rings. The molecule has 0 aliphatic heterocycles. The molecular weight excluding hydrogens is 827 g/mol. The van der Waals surface area contributed by atoms with Crippen molar-refractivity contribution in [2.75, 3.05) is 13.2 Å². The van der Waals surface area contributed by atoms with Crippen LogP contribution in [0.15, 0.2) is 24.3 Å². The number of ether oxygens (including phenoxy) is 1. The van der Waals surface area contributed by atoms with Crippen molar-refractivity contribution in [2.45, 2.75) is 341 Å². The molecule has 2 unspecified atom stereocenters. The van der Waals surface area contributed by atoms with Gasteiger partial charge in [-0.2, -0.15) is 0 Å². The zero-order valence-electron chi connectivity index (χ0n) is 45.1. The lowest BCUT2D eigenvalue weighted by atomic mass is 10.0. The molecular formula is C61H117NO5. The Morgan fingerprint density at radius 3 is 1.15 bits per heavy atom. The summed E-state index contributed by atoms with van der Waals surface area (Å²) >= 11 is 0. The summed E-state index contributed by atoms with van der Waals surface area (Å²) in [5, 5.41) is 23.3. The Hall–Kier alpha value is -1.66. The second kappa shape index (κ2) is 56.9. The van der Waals surface area contributed by atoms with Crippen LogP contribution in [0, 0.1) is 0 Å². The van der Waals surface area contributed by atoms with Crippen molar-refractivity contribution in [3.8, 4) is 0 Å². The number of esters is 1. The Balaban J connectivity index is 3.42. The molecule has 0 saturated heterocycles. The normalized spacial score (nSPS) is 12.7. The minimum Gasteiger partial charge on any atom is -0.466 e. The minimum absolute atomic E-state index is 0.00359. The van der Waals surface area contributed by atoms with Gasteiger partial charge in [-0.05, 0) is 57.8 Å². The van der Waals surface area contributed by atoms with Gasteiger partial charge in [0.2, 0.25) is 5.91 Å². The van der Waals surface area contributed by atoms with E-state index >= 15 is 0 Å². The van der Waals surface area contributed by atoms with Gasteiger partial charge in [0.05, 0.1) is 25.4 Å². The first-order valence-electron chi connectivity index (χ1n) is 30.1. The van der Waals surface area contributed by atoms with Crippen LogP contribution < -0.4 is 5.32 Å². The lowest BCUT2D eigenvalue weighted by Gasteiger charge is -2.22. The van der Waals surface area contributed by atoms with E-state index in [9.17, 15) is 19.8 Å². The Morgan fingerprint density at radius 2 is 0.746 bits per heavy atom. The zero-order valence-corrected chi connectivity index (χ0v) is 45.1. The number of nitrogens with one attached hydrogen (secondary N) is 1. The van der Waals surface area contributed by atoms with Gasteiger partial charge in [-0.1, -0.05) is 282 Å². The fourth-order valence-corrected chi connectivity index (χ4v) is 9.38. The molecule has 396 valence electrons. The van der Waals surface area contributed by atoms with Gasteiger partial charge in [0.15, 0.2) is 0 Å². The van der Waals surface area contributed by atoms with E-state index in [1.165, 1.54) is 244 Å². The number of hydrogen-bond acceptors (Lipinski definition) is 5. The first kappa shape index (κ1) is 65.3. The standard InChI is InChI=1S/C61H117NO5/c1-3-5-7-9-11-13-15-17-19-21-22-27-31-35-39-43-47-51-55-61(66)67-56-52-48-44-40-36-32-28-24-23-26-30-34-38-42-46-50-54-60(65)62-58(57-63)59(64)53-49-45-41-37-33-29-25-20-18-16-14-12-10-8-6-4-2/h13,15,19,21,58-59,63-64H,3-12,14,16-18,20,22-57H2,1-2H3,(H,62,65)/b15-13-,21-19-. The van der Waals surface area contributed by atoms with Crippen molar-refractivity contribution in [3.05, 3.63) is 24.3 Å². The summed E-state index contributed by atoms with van der Waals surface area (Å²) < 4.78 is 5.49. The van der Waals surface area contributed by atoms with Gasteiger partial charge >= 0.3 is 5.97 Å². The summed E-state index contributed by atoms with van der Waals surface area (Å²) in [5.41, 5.74) is 0. The highest BCUT2D eigenvalue weighted by Gasteiger charge is 2.20. The number of carbonyl (C=O) groups excluding carboxylic acids is 2. The maximum absolute atomic E-state index is 12.5. The first-order chi connectivity index (χ1) is 33.0. The Labute approximate surface area is 418 Å². The summed E-state index contributed by atoms with van der Waals surface area (Å²) in [6.07, 6.45) is 68.8. The predicted octanol–water partition coefficient (Wildman–Crippen LogP) is 18.6. The molecule has 6 heteroatoms. The average molecular weight is 945 g/mol. The molecule has 0 saturated carbocycles. The van der Waals surface area contributed by atoms with Crippen molar-refractivity contribution in [2.24, 2.45) is 0 Å². The molecule has 0 spiro atoms. The highest BCUT2D eigenvalue weighted by atomic mass is 16.5. The largest absolute Gasteiger partial charge is 0.466 e. The van der Waals surface area contributed by atoms with Crippen LogP contribution in [0.4, 0.5) is 0 Å². The molecule has 67 heavy (non-hydrogen) atoms. The molecule has 0 aromatic rings. The van der Waals surface area contributed by atoms with Crippen LogP contribution in [0.1, 0.15) is 328 Å². The summed E-state index contributed by atoms with van der Waals surface area (Å²) in [5.74, 6) is -0.0436. The molecule has 3 N–H and O–H groups in total. The third-order valence-corrected chi connectivity index (χ3v) is 14.0. The number of unbranched alkanes of at least 4 members (excludes halogenated alkanes) is 41. The number of rotatable bonds is 56. The molecule has 0 rings (SSSR count). The van der Waals surface area contributed by atoms with Crippen LogP contribution in [0.25, 0.3) is 0 Å². The van der Waals surface area contributed by atoms with Crippen molar-refractivity contribution in [1.82, 2.24) is 5.32 Å². The molecule has 0 aromatic heterocycles. The van der Waals surface area contributed by atoms with E-state index in [1.807, 2.05) is 0 Å². The minimum atomic E-state index is -0.669. The van der Waals surface area contributed by atoms with Gasteiger partial charge in [-0.15, -0.1) is 0 Å². The van der Waals surface area contributed by atoms with E-state index in [0.717, 1.165) is 51.4 Å². The topological polar surface area (TPSA) is 95.9 Å². The summed E-state index contributed by atoms with van der Waals surface area (Å²) in [7, 11) is 0. The molecule has 0 radical (unpaired) electrons. The van der Waals surface area contributed by atoms with E-state index < -0.39 is 12.1 Å². The van der Waals surface area contributed by atoms with E-state index in [4.69, 9.17) is 4.74 Å². The van der Waals surface area contributed by atoms with Crippen LogP contribution in [-0.2, 0) is 14.3 Å². The Morgan fingerprint density at radius 1 is 0.418 bits per heavy atom. The summed E-state index contributed by atoms with van der Waals surface area (Å²) in [6, 6.07) is -0.547. The third kappa shape index (κ3) is 53.5. The van der Waals surface area contributed by atoms with Crippen LogP contribution in [0.3, 0.4) is 0 Å². The monoisotopic (exact) mass is 944 g/mol. The van der Waals surface area contributed by atoms with Crippen molar-refractivity contribution < 1.29 is 24.5 Å². The fraction of sp³-hybridized carbons (Fsp3) is 0.902. The lowest BCUT2D eigenvalue weighted by molar-refractivity contribution is -0.143. The van der Waals surface area contributed by atoms with Gasteiger partial charge < -0.3 is 20.3 Å². The van der Waals surface area contributed by atoms with Crippen molar-refractivity contribution in [3.63, 3.8) is 0 Å². The maximum Gasteiger partial charge on any atom is 0.305 e. The van der Waals surface area contributed by atoms with E-state index in [-0.39, 0.29) is 18.5 Å². The predicted molar refractivity (Wildman–Crippen MR) is 292 cm³/mol. The van der Waals surface area contributed by atoms with Crippen LogP contribution in [0.5, 0.6) is 0 Å². The number of aliphatic hydroxyl groups is 2. The van der Waals surface area contributed by atoms with Gasteiger partial charge in [-0.3, -0.25) is 9.59 Å². The molecule has 0 bridgehead atoms. The van der Waals surface area contributed by atoms with E-state index in [0.29, 0.717) is 25.9 Å². The number of hydrogen-bond donors (Lipinski definition) is 3. The fourth-order valence-electron chi connectivity index (χ4n) is 9.38. The van der Waals surface area contributed by atoms with Gasteiger partial charge in [0, 0.05) is 12.8 Å². The quantitative estimate of drug-likeness (QED) is 0.0321. The van der Waals surface area contributed by atoms with Crippen molar-refractivity contribution >= 4 is 11.9 Å². The Kier molecular flexibility index (Phi) is 55.5. The second-order valence-corrected chi connectivity index (χ2v) is 20.7. The SMILES string of the molecule is CCCCCC/C=C\C/C=C\CCCCCCCCCC(=O)OCCCCCCCCCCCCCCCCCCC(=O)NC(CO)C(O)CCCCCCCCCCCCCCCCCC. The molecule has 0 aromatic carbocycles. The van der Waals surface area contributed by atoms with Crippen LogP contribution >= 0.6 is 0 Å². The van der Waals surface area contributed by atoms with E-state index in [2.05, 4.69) is 43.5 Å². The molecule has 0 aliphatic carbocycles. The summed E-state index contributed by atoms with van der Waals surface area (Å²) in [4.78, 5) is 24.6. The number of carbonyl (C=O) groups is 2. The summed E-state index contributed by atoms with van der Waals surface area (Å²) in [6.45, 7) is 4.94. The number of allylic oxidation sites excluding steroid dienone is 4. The van der Waals surface area contributed by atoms with Crippen LogP contribution in [-0.4, -0.2) is 47.4 Å². The highest BCUT2D eigenvalue weighted by molar-refractivity contribution is 5.76. The highest BCUT2D eigenvalue weighted by Crippen LogP contribution is 2.17. The maximum atomic E-state index is 12.5. The molecule has 6 nitrogen and oxygen atoms in total.